The summed E-state index contributed by atoms with van der Waals surface area (Å²) >= 11 is 0. The lowest BCUT2D eigenvalue weighted by Crippen LogP contribution is -2.64. The highest BCUT2D eigenvalue weighted by atomic mass is 16.6. The van der Waals surface area contributed by atoms with Gasteiger partial charge in [-0.05, 0) is 37.7 Å². The number of esters is 1. The number of carbonyl (C=O) groups is 3. The highest BCUT2D eigenvalue weighted by Crippen LogP contribution is 2.26. The molecule has 2 aliphatic rings. The Kier molecular flexibility index (Phi) is 8.50. The molecule has 0 radical (unpaired) electrons. The van der Waals surface area contributed by atoms with Gasteiger partial charge >= 0.3 is 5.97 Å². The van der Waals surface area contributed by atoms with Crippen LogP contribution >= 0.6 is 0 Å². The predicted molar refractivity (Wildman–Crippen MR) is 119 cm³/mol. The van der Waals surface area contributed by atoms with E-state index in [1.807, 2.05) is 44.2 Å². The van der Waals surface area contributed by atoms with E-state index in [4.69, 9.17) is 4.74 Å². The second-order valence-corrected chi connectivity index (χ2v) is 8.79. The molecule has 2 fully saturated rings. The molecular formula is C25H36N2O4. The van der Waals surface area contributed by atoms with Crippen molar-refractivity contribution >= 4 is 17.8 Å². The third-order valence-electron chi connectivity index (χ3n) is 6.46. The molecule has 0 spiro atoms. The summed E-state index contributed by atoms with van der Waals surface area (Å²) in [6, 6.07) is 8.31. The van der Waals surface area contributed by atoms with E-state index in [1.165, 1.54) is 11.3 Å². The minimum Gasteiger partial charge on any atom is -0.451 e. The molecule has 0 bridgehead atoms. The van der Waals surface area contributed by atoms with Gasteiger partial charge in [0.15, 0.2) is 6.10 Å². The number of ether oxygens (including phenoxy) is 1. The topological polar surface area (TPSA) is 75.7 Å². The Morgan fingerprint density at radius 1 is 1.13 bits per heavy atom. The van der Waals surface area contributed by atoms with Crippen LogP contribution in [-0.2, 0) is 25.5 Å². The molecule has 1 aliphatic carbocycles. The van der Waals surface area contributed by atoms with Crippen LogP contribution in [-0.4, -0.2) is 46.9 Å². The zero-order chi connectivity index (χ0) is 22.2. The molecule has 3 rings (SSSR count). The average Bonchev–Trinajstić information content (AvgIpc) is 2.78. The lowest BCUT2D eigenvalue weighted by atomic mass is 9.94. The van der Waals surface area contributed by atoms with Crippen LogP contribution in [0.2, 0.25) is 0 Å². The zero-order valence-corrected chi connectivity index (χ0v) is 18.8. The van der Waals surface area contributed by atoms with E-state index >= 15 is 0 Å². The van der Waals surface area contributed by atoms with Gasteiger partial charge in [-0.2, -0.15) is 0 Å². The molecular weight excluding hydrogens is 392 g/mol. The van der Waals surface area contributed by atoms with E-state index in [-0.39, 0.29) is 17.9 Å². The van der Waals surface area contributed by atoms with Crippen molar-refractivity contribution in [1.29, 1.82) is 0 Å². The van der Waals surface area contributed by atoms with Crippen LogP contribution < -0.4 is 5.32 Å². The Morgan fingerprint density at radius 2 is 1.84 bits per heavy atom. The fourth-order valence-corrected chi connectivity index (χ4v) is 4.72. The maximum Gasteiger partial charge on any atom is 0.330 e. The summed E-state index contributed by atoms with van der Waals surface area (Å²) in [5.41, 5.74) is 0.941. The monoisotopic (exact) mass is 428 g/mol. The van der Waals surface area contributed by atoms with Crippen molar-refractivity contribution in [3.8, 4) is 0 Å². The number of nitrogens with one attached hydrogen (secondary N) is 1. The second kappa shape index (κ2) is 11.3. The van der Waals surface area contributed by atoms with Crippen LogP contribution in [0, 0.1) is 0 Å². The number of hydrogen-bond acceptors (Lipinski definition) is 4. The van der Waals surface area contributed by atoms with Crippen molar-refractivity contribution in [1.82, 2.24) is 10.2 Å². The molecule has 1 saturated heterocycles. The summed E-state index contributed by atoms with van der Waals surface area (Å²) in [7, 11) is 0. The van der Waals surface area contributed by atoms with Crippen molar-refractivity contribution in [3.63, 3.8) is 0 Å². The van der Waals surface area contributed by atoms with Crippen molar-refractivity contribution in [3.05, 3.63) is 35.9 Å². The van der Waals surface area contributed by atoms with Gasteiger partial charge < -0.3 is 15.0 Å². The van der Waals surface area contributed by atoms with Crippen molar-refractivity contribution in [2.45, 2.75) is 102 Å². The van der Waals surface area contributed by atoms with Gasteiger partial charge in [0.25, 0.3) is 5.91 Å². The summed E-state index contributed by atoms with van der Waals surface area (Å²) in [5.74, 6) is -0.794. The molecule has 6 nitrogen and oxygen atoms in total. The molecule has 6 heteroatoms. The normalized spacial score (nSPS) is 23.4. The number of morpholine rings is 1. The third kappa shape index (κ3) is 5.86. The van der Waals surface area contributed by atoms with Gasteiger partial charge in [0.1, 0.15) is 12.1 Å². The SMILES string of the molecule is CCCCC1OC(=O)[C@H](Cc2ccccc2)N(C(CC)C(=O)NC2CCCCC2)C1=O. The third-order valence-corrected chi connectivity index (χ3v) is 6.46. The largest absolute Gasteiger partial charge is 0.451 e. The minimum absolute atomic E-state index is 0.148. The van der Waals surface area contributed by atoms with Gasteiger partial charge in [0.05, 0.1) is 0 Å². The number of cyclic esters (lactones) is 1. The summed E-state index contributed by atoms with van der Waals surface area (Å²) in [6.07, 6.45) is 7.61. The first-order chi connectivity index (χ1) is 15.0. The van der Waals surface area contributed by atoms with Crippen LogP contribution in [0.15, 0.2) is 30.3 Å². The first kappa shape index (κ1) is 23.3. The molecule has 31 heavy (non-hydrogen) atoms. The molecule has 1 heterocycles. The fraction of sp³-hybridized carbons (Fsp3) is 0.640. The standard InChI is InChI=1S/C25H36N2O4/c1-3-5-16-22-24(29)27(20(4-2)23(28)26-19-14-10-7-11-15-19)21(25(30)31-22)17-18-12-8-6-9-13-18/h6,8-9,12-13,19-22H,3-5,7,10-11,14-17H2,1-2H3,(H,26,28)/t20?,21-,22?/m0/s1. The maximum atomic E-state index is 13.4. The minimum atomic E-state index is -0.795. The molecule has 0 aromatic heterocycles. The van der Waals surface area contributed by atoms with Crippen LogP contribution in [0.3, 0.4) is 0 Å². The number of hydrogen-bond donors (Lipinski definition) is 1. The van der Waals surface area contributed by atoms with E-state index in [0.717, 1.165) is 44.1 Å². The van der Waals surface area contributed by atoms with Crippen molar-refractivity contribution in [2.75, 3.05) is 0 Å². The number of rotatable bonds is 9. The molecule has 2 unspecified atom stereocenters. The molecule has 170 valence electrons. The summed E-state index contributed by atoms with van der Waals surface area (Å²) in [6.45, 7) is 3.94. The number of amides is 2. The Morgan fingerprint density at radius 3 is 2.48 bits per heavy atom. The van der Waals surface area contributed by atoms with E-state index in [1.54, 1.807) is 0 Å². The second-order valence-electron chi connectivity index (χ2n) is 8.79. The highest BCUT2D eigenvalue weighted by molar-refractivity contribution is 5.96. The smallest absolute Gasteiger partial charge is 0.330 e. The molecule has 1 aromatic carbocycles. The summed E-state index contributed by atoms with van der Waals surface area (Å²) < 4.78 is 5.58. The number of benzene rings is 1. The molecule has 1 aromatic rings. The maximum absolute atomic E-state index is 13.4. The molecule has 1 N–H and O–H groups in total. The van der Waals surface area contributed by atoms with E-state index in [0.29, 0.717) is 19.3 Å². The van der Waals surface area contributed by atoms with Crippen LogP contribution in [0.1, 0.15) is 77.2 Å². The average molecular weight is 429 g/mol. The van der Waals surface area contributed by atoms with Gasteiger partial charge in [-0.1, -0.05) is 69.9 Å². The highest BCUT2D eigenvalue weighted by Gasteiger charge is 2.46. The van der Waals surface area contributed by atoms with Gasteiger partial charge in [0, 0.05) is 12.5 Å². The Balaban J connectivity index is 1.84. The molecule has 3 atom stereocenters. The van der Waals surface area contributed by atoms with Crippen molar-refractivity contribution < 1.29 is 19.1 Å². The van der Waals surface area contributed by atoms with Gasteiger partial charge in [-0.25, -0.2) is 4.79 Å². The number of carbonyl (C=O) groups excluding carboxylic acids is 3. The zero-order valence-electron chi connectivity index (χ0n) is 18.8. The lowest BCUT2D eigenvalue weighted by molar-refractivity contribution is -0.182. The van der Waals surface area contributed by atoms with Crippen molar-refractivity contribution in [2.24, 2.45) is 0 Å². The Labute approximate surface area is 185 Å². The number of unbranched alkanes of at least 4 members (excludes halogenated alkanes) is 1. The van der Waals surface area contributed by atoms with Gasteiger partial charge in [-0.3, -0.25) is 9.59 Å². The quantitative estimate of drug-likeness (QED) is 0.608. The Hall–Kier alpha value is -2.37. The molecule has 1 saturated carbocycles. The summed E-state index contributed by atoms with van der Waals surface area (Å²) in [5, 5.41) is 3.16. The van der Waals surface area contributed by atoms with E-state index in [9.17, 15) is 14.4 Å². The number of nitrogens with zero attached hydrogens (tertiary/aromatic N) is 1. The van der Waals surface area contributed by atoms with Gasteiger partial charge in [0.2, 0.25) is 5.91 Å². The predicted octanol–water partition coefficient (Wildman–Crippen LogP) is 3.77. The molecule has 2 amide bonds. The van der Waals surface area contributed by atoms with Crippen LogP contribution in [0.5, 0.6) is 0 Å². The van der Waals surface area contributed by atoms with E-state index in [2.05, 4.69) is 5.32 Å². The molecule has 1 aliphatic heterocycles. The van der Waals surface area contributed by atoms with Crippen LogP contribution in [0.4, 0.5) is 0 Å². The first-order valence-corrected chi connectivity index (χ1v) is 11.9. The Bertz CT molecular complexity index is 745. The summed E-state index contributed by atoms with van der Waals surface area (Å²) in [4.78, 5) is 41.3. The lowest BCUT2D eigenvalue weighted by Gasteiger charge is -2.42. The fourth-order valence-electron chi connectivity index (χ4n) is 4.72. The first-order valence-electron chi connectivity index (χ1n) is 11.9. The van der Waals surface area contributed by atoms with Gasteiger partial charge in [-0.15, -0.1) is 0 Å². The van der Waals surface area contributed by atoms with E-state index < -0.39 is 24.2 Å². The van der Waals surface area contributed by atoms with Crippen LogP contribution in [0.25, 0.3) is 0 Å².